The van der Waals surface area contributed by atoms with Crippen LogP contribution in [0, 0.1) is 23.7 Å². The number of hydrogen-bond acceptors (Lipinski definition) is 3. The molecule has 0 aromatic heterocycles. The maximum Gasteiger partial charge on any atom is 0.119 e. The Hall–Kier alpha value is -2.52. The summed E-state index contributed by atoms with van der Waals surface area (Å²) in [6, 6.07) is 18.1. The van der Waals surface area contributed by atoms with Crippen LogP contribution < -0.4 is 9.47 Å². The van der Waals surface area contributed by atoms with Crippen LogP contribution >= 0.6 is 0 Å². The zero-order valence-electron chi connectivity index (χ0n) is 41.8. The van der Waals surface area contributed by atoms with Crippen molar-refractivity contribution in [3.05, 3.63) is 71.8 Å². The minimum Gasteiger partial charge on any atom is -0.494 e. The van der Waals surface area contributed by atoms with Gasteiger partial charge in [0.1, 0.15) is 11.5 Å². The average Bonchev–Trinajstić information content (AvgIpc) is 3.32. The molecule has 0 aliphatic heterocycles. The Morgan fingerprint density at radius 1 is 0.397 bits per heavy atom. The van der Waals surface area contributed by atoms with Gasteiger partial charge in [0.15, 0.2) is 0 Å². The first-order valence-electron chi connectivity index (χ1n) is 27.6. The fourth-order valence-corrected chi connectivity index (χ4v) is 10.6. The van der Waals surface area contributed by atoms with Gasteiger partial charge in [0, 0.05) is 0 Å². The molecule has 2 aromatic carbocycles. The number of allylic oxidation sites excluding steroid dienone is 2. The second kappa shape index (κ2) is 34.8. The number of unbranched alkanes of at least 4 members (excludes halogenated alkanes) is 18. The van der Waals surface area contributed by atoms with E-state index in [1.54, 1.807) is 0 Å². The Morgan fingerprint density at radius 2 is 0.714 bits per heavy atom. The van der Waals surface area contributed by atoms with Crippen molar-refractivity contribution in [3.8, 4) is 11.5 Å². The van der Waals surface area contributed by atoms with Gasteiger partial charge in [-0.2, -0.15) is 0 Å². The number of benzene rings is 2. The van der Waals surface area contributed by atoms with Crippen LogP contribution in [0.15, 0.2) is 60.7 Å². The van der Waals surface area contributed by atoms with Crippen molar-refractivity contribution in [1.29, 1.82) is 0 Å². The molecule has 63 heavy (non-hydrogen) atoms. The van der Waals surface area contributed by atoms with E-state index >= 15 is 0 Å². The molecule has 0 unspecified atom stereocenters. The lowest BCUT2D eigenvalue weighted by atomic mass is 9.75. The lowest BCUT2D eigenvalue weighted by molar-refractivity contribution is 0.193. The van der Waals surface area contributed by atoms with E-state index < -0.39 is 0 Å². The van der Waals surface area contributed by atoms with Gasteiger partial charge in [-0.25, -0.2) is 0 Å². The quantitative estimate of drug-likeness (QED) is 0.0639. The van der Waals surface area contributed by atoms with Gasteiger partial charge < -0.3 is 14.2 Å². The van der Waals surface area contributed by atoms with Gasteiger partial charge in [-0.1, -0.05) is 205 Å². The smallest absolute Gasteiger partial charge is 0.119 e. The first kappa shape index (κ1) is 53.1. The second-order valence-electron chi connectivity index (χ2n) is 20.0. The number of rotatable bonds is 36. The fraction of sp³-hybridized carbons (Fsp3) is 0.733. The molecule has 0 radical (unpaired) electrons. The minimum absolute atomic E-state index is 0.606. The summed E-state index contributed by atoms with van der Waals surface area (Å²) in [6.07, 6.45) is 47.8. The van der Waals surface area contributed by atoms with Gasteiger partial charge >= 0.3 is 0 Å². The predicted molar refractivity (Wildman–Crippen MR) is 275 cm³/mol. The molecular weight excluding hydrogens is 769 g/mol. The Kier molecular flexibility index (Phi) is 29.3. The van der Waals surface area contributed by atoms with Crippen LogP contribution in [0.5, 0.6) is 11.5 Å². The van der Waals surface area contributed by atoms with E-state index in [1.165, 1.54) is 215 Å². The predicted octanol–water partition coefficient (Wildman–Crippen LogP) is 19.0. The van der Waals surface area contributed by atoms with Crippen LogP contribution in [0.4, 0.5) is 0 Å². The lowest BCUT2D eigenvalue weighted by Crippen LogP contribution is -2.17. The molecule has 2 saturated carbocycles. The average molecular weight is 867 g/mol. The molecule has 2 aliphatic carbocycles. The lowest BCUT2D eigenvalue weighted by Gasteiger charge is -2.31. The minimum atomic E-state index is 0.606. The molecule has 0 atom stereocenters. The second-order valence-corrected chi connectivity index (χ2v) is 20.0. The summed E-state index contributed by atoms with van der Waals surface area (Å²) < 4.78 is 19.0. The fourth-order valence-electron chi connectivity index (χ4n) is 10.6. The van der Waals surface area contributed by atoms with Crippen LogP contribution in [-0.2, 0) is 4.74 Å². The van der Waals surface area contributed by atoms with Crippen molar-refractivity contribution in [3.63, 3.8) is 0 Å². The van der Waals surface area contributed by atoms with E-state index in [0.29, 0.717) is 25.0 Å². The van der Waals surface area contributed by atoms with E-state index in [9.17, 15) is 0 Å². The van der Waals surface area contributed by atoms with Gasteiger partial charge in [-0.05, 0) is 134 Å². The molecule has 0 saturated heterocycles. The highest BCUT2D eigenvalue weighted by Crippen LogP contribution is 2.41. The van der Waals surface area contributed by atoms with Crippen LogP contribution in [0.1, 0.15) is 244 Å². The highest BCUT2D eigenvalue weighted by molar-refractivity contribution is 5.69. The molecule has 2 aromatic rings. The molecule has 2 aliphatic rings. The topological polar surface area (TPSA) is 27.7 Å². The zero-order valence-corrected chi connectivity index (χ0v) is 41.8. The first-order chi connectivity index (χ1) is 31.1. The summed E-state index contributed by atoms with van der Waals surface area (Å²) in [5.41, 5.74) is 5.68. The summed E-state index contributed by atoms with van der Waals surface area (Å²) in [7, 11) is 0. The molecule has 0 bridgehead atoms. The van der Waals surface area contributed by atoms with Crippen LogP contribution in [0.3, 0.4) is 0 Å². The highest BCUT2D eigenvalue weighted by atomic mass is 16.5. The summed E-state index contributed by atoms with van der Waals surface area (Å²) >= 11 is 0. The largest absolute Gasteiger partial charge is 0.494 e. The van der Waals surface area contributed by atoms with Crippen LogP contribution in [-0.4, -0.2) is 26.4 Å². The van der Waals surface area contributed by atoms with Crippen LogP contribution in [0.2, 0.25) is 0 Å². The summed E-state index contributed by atoms with van der Waals surface area (Å²) in [5.74, 6) is 5.04. The molecule has 4 rings (SSSR count). The third-order valence-corrected chi connectivity index (χ3v) is 14.8. The summed E-state index contributed by atoms with van der Waals surface area (Å²) in [4.78, 5) is 0. The molecule has 0 N–H and O–H groups in total. The third kappa shape index (κ3) is 22.5. The maximum atomic E-state index is 6.56. The van der Waals surface area contributed by atoms with Gasteiger partial charge in [0.2, 0.25) is 0 Å². The third-order valence-electron chi connectivity index (χ3n) is 14.8. The molecule has 3 nitrogen and oxygen atoms in total. The first-order valence-corrected chi connectivity index (χ1v) is 27.6. The van der Waals surface area contributed by atoms with E-state index in [-0.39, 0.29) is 0 Å². The van der Waals surface area contributed by atoms with Gasteiger partial charge in [-0.3, -0.25) is 0 Å². The van der Waals surface area contributed by atoms with Gasteiger partial charge in [0.05, 0.1) is 26.4 Å². The highest BCUT2D eigenvalue weighted by Gasteiger charge is 2.26. The molecule has 3 heteroatoms. The summed E-state index contributed by atoms with van der Waals surface area (Å²) in [6.45, 7) is 12.2. The van der Waals surface area contributed by atoms with Crippen molar-refractivity contribution >= 4 is 11.1 Å². The molecular formula is C60H98O3. The van der Waals surface area contributed by atoms with Crippen molar-refractivity contribution < 1.29 is 14.2 Å². The normalized spacial score (nSPS) is 19.7. The Morgan fingerprint density at radius 3 is 1.06 bits per heavy atom. The standard InChI is InChI=1S/C60H98O3/c1-5-9-13-15-17-19-21-25-47-62-57-41-37-55(38-42-57)59(53-33-29-51(30-34-53)27-23-11-7-3)45-49-61-50-46-60(54-35-31-52(32-36-54)28-24-12-8-4)56-39-43-58(44-40-56)63-48-26-22-20-18-16-14-10-6-2/h37-46,51-54H,5-36,47-50H2,1-4H3. The van der Waals surface area contributed by atoms with Crippen molar-refractivity contribution in [2.75, 3.05) is 26.4 Å². The van der Waals surface area contributed by atoms with E-state index in [0.717, 1.165) is 49.4 Å². The molecule has 2 fully saturated rings. The van der Waals surface area contributed by atoms with E-state index in [4.69, 9.17) is 14.2 Å². The van der Waals surface area contributed by atoms with Crippen LogP contribution in [0.25, 0.3) is 11.1 Å². The van der Waals surface area contributed by atoms with E-state index in [1.807, 2.05) is 0 Å². The Bertz CT molecular complexity index is 1310. The number of hydrogen-bond donors (Lipinski definition) is 0. The Labute approximate surface area is 390 Å². The summed E-state index contributed by atoms with van der Waals surface area (Å²) in [5, 5.41) is 0. The van der Waals surface area contributed by atoms with Crippen molar-refractivity contribution in [2.24, 2.45) is 23.7 Å². The SMILES string of the molecule is CCCCCCCCCCOc1ccc(C(=CCOCC=C(c2ccc(OCCCCCCCCCC)cc2)C2CCC(CCCCC)CC2)C2CCC(CCCCC)CC2)cc1. The van der Waals surface area contributed by atoms with Crippen molar-refractivity contribution in [1.82, 2.24) is 0 Å². The van der Waals surface area contributed by atoms with Crippen molar-refractivity contribution in [2.45, 2.75) is 233 Å². The monoisotopic (exact) mass is 867 g/mol. The maximum absolute atomic E-state index is 6.56. The van der Waals surface area contributed by atoms with E-state index in [2.05, 4.69) is 88.4 Å². The Balaban J connectivity index is 1.36. The van der Waals surface area contributed by atoms with Gasteiger partial charge in [0.25, 0.3) is 0 Å². The molecule has 0 amide bonds. The zero-order chi connectivity index (χ0) is 44.4. The molecule has 0 spiro atoms. The molecule has 356 valence electrons. The van der Waals surface area contributed by atoms with Gasteiger partial charge in [-0.15, -0.1) is 0 Å². The number of ether oxygens (including phenoxy) is 3. The molecule has 0 heterocycles.